The molecule has 5 nitrogen and oxygen atoms in total. The van der Waals surface area contributed by atoms with Crippen LogP contribution in [0.1, 0.15) is 13.8 Å². The normalized spacial score (nSPS) is 11.9. The van der Waals surface area contributed by atoms with Crippen LogP contribution < -0.4 is 10.6 Å². The fourth-order valence-corrected chi connectivity index (χ4v) is 0.529. The second-order valence-corrected chi connectivity index (χ2v) is 2.56. The van der Waals surface area contributed by atoms with Crippen molar-refractivity contribution >= 4 is 11.8 Å². The molecule has 0 saturated heterocycles. The molecule has 5 heteroatoms. The monoisotopic (exact) mass is 174 g/mol. The van der Waals surface area contributed by atoms with Crippen molar-refractivity contribution in [3.8, 4) is 0 Å². The fraction of sp³-hybridized carbons (Fsp3) is 0.714. The van der Waals surface area contributed by atoms with Gasteiger partial charge < -0.3 is 15.7 Å². The Morgan fingerprint density at radius 1 is 1.42 bits per heavy atom. The molecule has 70 valence electrons. The van der Waals surface area contributed by atoms with E-state index < -0.39 is 6.10 Å². The number of carbonyl (C=O) groups excluding carboxylic acids is 2. The minimum atomic E-state index is -0.564. The SMILES string of the molecule is CC(=O)NCC(=O)NC[C@H](C)O. The lowest BCUT2D eigenvalue weighted by molar-refractivity contribution is -0.125. The molecule has 0 aromatic carbocycles. The molecule has 0 unspecified atom stereocenters. The molecule has 0 aromatic heterocycles. The summed E-state index contributed by atoms with van der Waals surface area (Å²) in [4.78, 5) is 21.2. The number of nitrogens with one attached hydrogen (secondary N) is 2. The quantitative estimate of drug-likeness (QED) is 0.491. The summed E-state index contributed by atoms with van der Waals surface area (Å²) in [5.41, 5.74) is 0. The molecule has 0 heterocycles. The van der Waals surface area contributed by atoms with E-state index in [1.165, 1.54) is 6.92 Å². The Kier molecular flexibility index (Phi) is 5.03. The van der Waals surface area contributed by atoms with Gasteiger partial charge in [-0.15, -0.1) is 0 Å². The lowest BCUT2D eigenvalue weighted by Crippen LogP contribution is -2.38. The highest BCUT2D eigenvalue weighted by molar-refractivity contribution is 5.83. The van der Waals surface area contributed by atoms with Crippen LogP contribution >= 0.6 is 0 Å². The third-order valence-electron chi connectivity index (χ3n) is 1.09. The van der Waals surface area contributed by atoms with Crippen molar-refractivity contribution in [3.63, 3.8) is 0 Å². The largest absolute Gasteiger partial charge is 0.392 e. The Balaban J connectivity index is 3.40. The van der Waals surface area contributed by atoms with E-state index in [2.05, 4.69) is 10.6 Å². The van der Waals surface area contributed by atoms with Crippen LogP contribution in [0.4, 0.5) is 0 Å². The summed E-state index contributed by atoms with van der Waals surface area (Å²) in [7, 11) is 0. The highest BCUT2D eigenvalue weighted by Gasteiger charge is 2.02. The van der Waals surface area contributed by atoms with E-state index in [1.807, 2.05) is 0 Å². The summed E-state index contributed by atoms with van der Waals surface area (Å²) in [6.45, 7) is 3.07. The number of carbonyl (C=O) groups is 2. The maximum absolute atomic E-state index is 10.8. The van der Waals surface area contributed by atoms with Crippen molar-refractivity contribution in [2.45, 2.75) is 20.0 Å². The molecule has 0 saturated carbocycles. The van der Waals surface area contributed by atoms with Gasteiger partial charge in [-0.3, -0.25) is 9.59 Å². The van der Waals surface area contributed by atoms with Crippen LogP contribution in [0, 0.1) is 0 Å². The summed E-state index contributed by atoms with van der Waals surface area (Å²) in [5.74, 6) is -0.548. The predicted octanol–water partition coefficient (Wildman–Crippen LogP) is -1.38. The number of aliphatic hydroxyl groups excluding tert-OH is 1. The van der Waals surface area contributed by atoms with E-state index in [9.17, 15) is 9.59 Å². The van der Waals surface area contributed by atoms with Crippen LogP contribution in [-0.4, -0.2) is 36.1 Å². The van der Waals surface area contributed by atoms with Crippen molar-refractivity contribution < 1.29 is 14.7 Å². The van der Waals surface area contributed by atoms with Crippen molar-refractivity contribution in [2.24, 2.45) is 0 Å². The van der Waals surface area contributed by atoms with Gasteiger partial charge in [0.15, 0.2) is 0 Å². The molecule has 2 amide bonds. The van der Waals surface area contributed by atoms with E-state index in [4.69, 9.17) is 5.11 Å². The van der Waals surface area contributed by atoms with Crippen molar-refractivity contribution in [3.05, 3.63) is 0 Å². The van der Waals surface area contributed by atoms with Gasteiger partial charge in [-0.05, 0) is 6.92 Å². The minimum Gasteiger partial charge on any atom is -0.392 e. The van der Waals surface area contributed by atoms with E-state index in [-0.39, 0.29) is 24.9 Å². The van der Waals surface area contributed by atoms with Crippen molar-refractivity contribution in [1.29, 1.82) is 0 Å². The second-order valence-electron chi connectivity index (χ2n) is 2.56. The average molecular weight is 174 g/mol. The van der Waals surface area contributed by atoms with Crippen LogP contribution in [0.3, 0.4) is 0 Å². The van der Waals surface area contributed by atoms with Gasteiger partial charge in [-0.25, -0.2) is 0 Å². The molecule has 0 spiro atoms. The molecule has 1 atom stereocenters. The lowest BCUT2D eigenvalue weighted by atomic mass is 10.4. The first kappa shape index (κ1) is 10.9. The maximum Gasteiger partial charge on any atom is 0.239 e. The predicted molar refractivity (Wildman–Crippen MR) is 43.4 cm³/mol. The van der Waals surface area contributed by atoms with Crippen LogP contribution in [0.5, 0.6) is 0 Å². The van der Waals surface area contributed by atoms with E-state index in [0.29, 0.717) is 0 Å². The Morgan fingerprint density at radius 3 is 2.42 bits per heavy atom. The standard InChI is InChI=1S/C7H14N2O3/c1-5(10)3-9-7(12)4-8-6(2)11/h5,10H,3-4H2,1-2H3,(H,8,11)(H,9,12)/t5-/m0/s1. The van der Waals surface area contributed by atoms with Gasteiger partial charge in [0, 0.05) is 13.5 Å². The average Bonchev–Trinajstić information content (AvgIpc) is 1.96. The van der Waals surface area contributed by atoms with Crippen molar-refractivity contribution in [1.82, 2.24) is 10.6 Å². The lowest BCUT2D eigenvalue weighted by Gasteiger charge is -2.06. The summed E-state index contributed by atoms with van der Waals surface area (Å²) in [5, 5.41) is 13.5. The second kappa shape index (κ2) is 5.54. The number of amides is 2. The van der Waals surface area contributed by atoms with Crippen molar-refractivity contribution in [2.75, 3.05) is 13.1 Å². The van der Waals surface area contributed by atoms with Gasteiger partial charge in [0.25, 0.3) is 0 Å². The fourth-order valence-electron chi connectivity index (χ4n) is 0.529. The molecule has 0 radical (unpaired) electrons. The zero-order chi connectivity index (χ0) is 9.56. The Bertz CT molecular complexity index is 168. The Morgan fingerprint density at radius 2 is 2.00 bits per heavy atom. The summed E-state index contributed by atoms with van der Waals surface area (Å²) in [6.07, 6.45) is -0.564. The molecule has 0 aliphatic heterocycles. The van der Waals surface area contributed by atoms with Gasteiger partial charge in [0.1, 0.15) is 0 Å². The minimum absolute atomic E-state index is 0.0396. The first-order valence-corrected chi connectivity index (χ1v) is 3.71. The Hall–Kier alpha value is -1.10. The molecule has 0 bridgehead atoms. The highest BCUT2D eigenvalue weighted by atomic mass is 16.3. The maximum atomic E-state index is 10.8. The molecular weight excluding hydrogens is 160 g/mol. The zero-order valence-corrected chi connectivity index (χ0v) is 7.26. The number of rotatable bonds is 4. The smallest absolute Gasteiger partial charge is 0.239 e. The molecule has 0 fully saturated rings. The topological polar surface area (TPSA) is 78.4 Å². The first-order chi connectivity index (χ1) is 5.52. The summed E-state index contributed by atoms with van der Waals surface area (Å²) < 4.78 is 0. The first-order valence-electron chi connectivity index (χ1n) is 3.71. The summed E-state index contributed by atoms with van der Waals surface area (Å²) in [6, 6.07) is 0. The van der Waals surface area contributed by atoms with E-state index in [0.717, 1.165) is 0 Å². The zero-order valence-electron chi connectivity index (χ0n) is 7.26. The Labute approximate surface area is 71.1 Å². The highest BCUT2D eigenvalue weighted by Crippen LogP contribution is 1.74. The molecule has 0 aliphatic carbocycles. The summed E-state index contributed by atoms with van der Waals surface area (Å²) >= 11 is 0. The van der Waals surface area contributed by atoms with Gasteiger partial charge in [-0.2, -0.15) is 0 Å². The number of hydrogen-bond acceptors (Lipinski definition) is 3. The third-order valence-corrected chi connectivity index (χ3v) is 1.09. The van der Waals surface area contributed by atoms with Crippen LogP contribution in [0.2, 0.25) is 0 Å². The van der Waals surface area contributed by atoms with E-state index >= 15 is 0 Å². The number of aliphatic hydroxyl groups is 1. The van der Waals surface area contributed by atoms with Gasteiger partial charge in [0.2, 0.25) is 11.8 Å². The van der Waals surface area contributed by atoms with Crippen LogP contribution in [0.25, 0.3) is 0 Å². The van der Waals surface area contributed by atoms with Crippen LogP contribution in [-0.2, 0) is 9.59 Å². The molecule has 3 N–H and O–H groups in total. The van der Waals surface area contributed by atoms with Crippen LogP contribution in [0.15, 0.2) is 0 Å². The molecular formula is C7H14N2O3. The van der Waals surface area contributed by atoms with E-state index in [1.54, 1.807) is 6.92 Å². The van der Waals surface area contributed by atoms with Gasteiger partial charge in [-0.1, -0.05) is 0 Å². The van der Waals surface area contributed by atoms with Gasteiger partial charge >= 0.3 is 0 Å². The van der Waals surface area contributed by atoms with Gasteiger partial charge in [0.05, 0.1) is 12.6 Å². The molecule has 0 rings (SSSR count). The molecule has 0 aromatic rings. The molecule has 12 heavy (non-hydrogen) atoms. The number of hydrogen-bond donors (Lipinski definition) is 3. The molecule has 0 aliphatic rings. The third kappa shape index (κ3) is 7.01.